The van der Waals surface area contributed by atoms with E-state index in [1.165, 1.54) is 45.1 Å². The van der Waals surface area contributed by atoms with E-state index in [4.69, 9.17) is 0 Å². The molecule has 0 amide bonds. The lowest BCUT2D eigenvalue weighted by molar-refractivity contribution is 0.602. The molecule has 0 saturated heterocycles. The number of aromatic nitrogens is 4. The van der Waals surface area contributed by atoms with Crippen LogP contribution in [-0.4, -0.2) is 19.9 Å². The quantitative estimate of drug-likeness (QED) is 0.210. The molecule has 0 unspecified atom stereocenters. The first-order valence-electron chi connectivity index (χ1n) is 12.1. The normalized spacial score (nSPS) is 21.9. The topological polar surface area (TPSA) is 63.2 Å². The zero-order chi connectivity index (χ0) is 24.4. The smallest absolute Gasteiger partial charge is 0.0447 e. The van der Waals surface area contributed by atoms with Crippen LogP contribution in [0.4, 0.5) is 0 Å². The van der Waals surface area contributed by atoms with Crippen LogP contribution in [0.3, 0.4) is 0 Å². The van der Waals surface area contributed by atoms with Crippen molar-refractivity contribution in [3.05, 3.63) is 94.1 Å². The van der Waals surface area contributed by atoms with Crippen LogP contribution >= 0.6 is 0 Å². The second-order valence-electron chi connectivity index (χ2n) is 10.9. The van der Waals surface area contributed by atoms with Crippen molar-refractivity contribution in [3.63, 3.8) is 0 Å². The summed E-state index contributed by atoms with van der Waals surface area (Å²) < 4.78 is 0. The molecule has 5 rings (SSSR count). The van der Waals surface area contributed by atoms with Gasteiger partial charge in [0, 0.05) is 56.4 Å². The first-order chi connectivity index (χ1) is 16.0. The molecule has 0 radical (unpaired) electrons. The largest absolute Gasteiger partial charge is 0.358 e. The Balaban J connectivity index is 1.75. The summed E-state index contributed by atoms with van der Waals surface area (Å²) in [6, 6.07) is 17.7. The number of hydrogen-bond donors (Lipinski definition) is 4. The number of allylic oxidation sites excluding steroid dienone is 4. The van der Waals surface area contributed by atoms with Gasteiger partial charge in [0.1, 0.15) is 0 Å². The standard InChI is InChI=1S/C30H36N4/c1-17-18(2)22-10-14-26(32-22)30(7,8)28-16-12-24(34-28)20(4)19(3)23-11-15-27(33-23)29(5,6)25-13-9-21(17)31-25/h9-16,31-34H,1-8H3/b18-17+,20-19+. The van der Waals surface area contributed by atoms with Crippen LogP contribution in [0.15, 0.2) is 48.5 Å². The van der Waals surface area contributed by atoms with Gasteiger partial charge in [-0.2, -0.15) is 0 Å². The van der Waals surface area contributed by atoms with E-state index in [0.29, 0.717) is 0 Å². The average Bonchev–Trinajstić information content (AvgIpc) is 3.62. The van der Waals surface area contributed by atoms with Gasteiger partial charge in [0.25, 0.3) is 0 Å². The molecule has 176 valence electrons. The van der Waals surface area contributed by atoms with Gasteiger partial charge in [-0.05, 0) is 126 Å². The first-order valence-corrected chi connectivity index (χ1v) is 12.1. The molecule has 5 heterocycles. The molecular formula is C30H36N4. The van der Waals surface area contributed by atoms with E-state index in [0.717, 1.165) is 22.8 Å². The monoisotopic (exact) mass is 452 g/mol. The maximum absolute atomic E-state index is 3.72. The second kappa shape index (κ2) is 7.56. The van der Waals surface area contributed by atoms with Crippen LogP contribution in [0.1, 0.15) is 101 Å². The van der Waals surface area contributed by atoms with Crippen molar-refractivity contribution in [3.8, 4) is 0 Å². The fourth-order valence-corrected chi connectivity index (χ4v) is 5.01. The number of nitrogens with one attached hydrogen (secondary N) is 4. The third kappa shape index (κ3) is 3.35. The van der Waals surface area contributed by atoms with E-state index in [1.807, 2.05) is 0 Å². The Kier molecular flexibility index (Phi) is 4.98. The van der Waals surface area contributed by atoms with Gasteiger partial charge in [-0.1, -0.05) is 0 Å². The SMILES string of the molecule is C/C1=C(/C)c2ccc([nH]2)C(C)(C)c2ccc([nH]2)/C(C)=C(\C)c2ccc([nH]2)C(C)(C)c2ccc1[nH]2. The van der Waals surface area contributed by atoms with Crippen molar-refractivity contribution < 1.29 is 0 Å². The fraction of sp³-hybridized carbons (Fsp3) is 0.333. The zero-order valence-corrected chi connectivity index (χ0v) is 21.6. The van der Waals surface area contributed by atoms with E-state index in [-0.39, 0.29) is 10.8 Å². The van der Waals surface area contributed by atoms with Crippen molar-refractivity contribution in [1.82, 2.24) is 19.9 Å². The highest BCUT2D eigenvalue weighted by Gasteiger charge is 2.29. The van der Waals surface area contributed by atoms with Gasteiger partial charge in [0.05, 0.1) is 0 Å². The minimum Gasteiger partial charge on any atom is -0.358 e. The molecule has 1 aliphatic rings. The molecule has 0 aromatic carbocycles. The highest BCUT2D eigenvalue weighted by Crippen LogP contribution is 2.37. The maximum Gasteiger partial charge on any atom is 0.0447 e. The number of hydrogen-bond acceptors (Lipinski definition) is 0. The lowest BCUT2D eigenvalue weighted by Crippen LogP contribution is -2.20. The van der Waals surface area contributed by atoms with Gasteiger partial charge in [-0.15, -0.1) is 0 Å². The highest BCUT2D eigenvalue weighted by molar-refractivity contribution is 5.88. The molecule has 4 N–H and O–H groups in total. The lowest BCUT2D eigenvalue weighted by atomic mass is 9.86. The summed E-state index contributed by atoms with van der Waals surface area (Å²) in [5.41, 5.74) is 14.1. The zero-order valence-electron chi connectivity index (χ0n) is 21.6. The molecule has 4 nitrogen and oxygen atoms in total. The van der Waals surface area contributed by atoms with Crippen LogP contribution in [0, 0.1) is 0 Å². The first kappa shape index (κ1) is 22.4. The van der Waals surface area contributed by atoms with E-state index >= 15 is 0 Å². The molecule has 0 aliphatic carbocycles. The van der Waals surface area contributed by atoms with E-state index < -0.39 is 0 Å². The average molecular weight is 453 g/mol. The van der Waals surface area contributed by atoms with Gasteiger partial charge < -0.3 is 19.9 Å². The van der Waals surface area contributed by atoms with Gasteiger partial charge in [-0.3, -0.25) is 0 Å². The summed E-state index contributed by atoms with van der Waals surface area (Å²) in [5, 5.41) is 0. The van der Waals surface area contributed by atoms with Crippen molar-refractivity contribution in [2.24, 2.45) is 0 Å². The minimum atomic E-state index is -0.173. The molecule has 4 heteroatoms. The van der Waals surface area contributed by atoms with E-state index in [1.54, 1.807) is 0 Å². The van der Waals surface area contributed by atoms with Crippen LogP contribution in [0.25, 0.3) is 22.3 Å². The predicted molar refractivity (Wildman–Crippen MR) is 144 cm³/mol. The summed E-state index contributed by atoms with van der Waals surface area (Å²) in [5.74, 6) is 0. The summed E-state index contributed by atoms with van der Waals surface area (Å²) in [7, 11) is 0. The maximum atomic E-state index is 3.72. The van der Waals surface area contributed by atoms with Crippen molar-refractivity contribution >= 4 is 22.3 Å². The summed E-state index contributed by atoms with van der Waals surface area (Å²) in [4.78, 5) is 14.9. The molecule has 34 heavy (non-hydrogen) atoms. The third-order valence-corrected chi connectivity index (χ3v) is 8.18. The lowest BCUT2D eigenvalue weighted by Gasteiger charge is -2.23. The highest BCUT2D eigenvalue weighted by atomic mass is 14.8. The number of fused-ring (bicyclic) bond motifs is 8. The number of H-pyrrole nitrogens is 4. The Morgan fingerprint density at radius 1 is 0.382 bits per heavy atom. The van der Waals surface area contributed by atoms with Crippen LogP contribution < -0.4 is 0 Å². The van der Waals surface area contributed by atoms with Crippen molar-refractivity contribution in [1.29, 1.82) is 0 Å². The van der Waals surface area contributed by atoms with Gasteiger partial charge >= 0.3 is 0 Å². The molecule has 0 fully saturated rings. The predicted octanol–water partition coefficient (Wildman–Crippen LogP) is 7.87. The third-order valence-electron chi connectivity index (χ3n) is 8.18. The molecule has 4 aromatic rings. The number of rotatable bonds is 0. The molecule has 0 saturated carbocycles. The Labute approximate surface area is 202 Å². The van der Waals surface area contributed by atoms with Gasteiger partial charge in [0.15, 0.2) is 0 Å². The van der Waals surface area contributed by atoms with Crippen LogP contribution in [-0.2, 0) is 10.8 Å². The Morgan fingerprint density at radius 3 is 0.794 bits per heavy atom. The Morgan fingerprint density at radius 2 is 0.588 bits per heavy atom. The number of aromatic amines is 4. The van der Waals surface area contributed by atoms with E-state index in [9.17, 15) is 0 Å². The summed E-state index contributed by atoms with van der Waals surface area (Å²) in [6.07, 6.45) is 0. The van der Waals surface area contributed by atoms with Crippen LogP contribution in [0.5, 0.6) is 0 Å². The summed E-state index contributed by atoms with van der Waals surface area (Å²) in [6.45, 7) is 17.9. The minimum absolute atomic E-state index is 0.173. The molecule has 1 aliphatic heterocycles. The van der Waals surface area contributed by atoms with Gasteiger partial charge in [0.2, 0.25) is 0 Å². The molecule has 0 spiro atoms. The molecule has 4 aromatic heterocycles. The van der Waals surface area contributed by atoms with Crippen LogP contribution in [0.2, 0.25) is 0 Å². The van der Waals surface area contributed by atoms with Gasteiger partial charge in [-0.25, -0.2) is 0 Å². The fourth-order valence-electron chi connectivity index (χ4n) is 5.01. The van der Waals surface area contributed by atoms with Crippen molar-refractivity contribution in [2.45, 2.75) is 66.2 Å². The Bertz CT molecular complexity index is 1220. The molecular weight excluding hydrogens is 416 g/mol. The summed E-state index contributed by atoms with van der Waals surface area (Å²) >= 11 is 0. The Hall–Kier alpha value is -3.40. The van der Waals surface area contributed by atoms with Crippen molar-refractivity contribution in [2.75, 3.05) is 0 Å². The second-order valence-corrected chi connectivity index (χ2v) is 10.9. The molecule has 8 bridgehead atoms. The van der Waals surface area contributed by atoms with E-state index in [2.05, 4.69) is 124 Å². The molecule has 0 atom stereocenters.